The number of benzene rings is 2. The molecule has 2 nitrogen and oxygen atoms in total. The Bertz CT molecular complexity index is 575. The lowest BCUT2D eigenvalue weighted by Gasteiger charge is -2.19. The fourth-order valence-corrected chi connectivity index (χ4v) is 4.88. The zero-order valence-corrected chi connectivity index (χ0v) is 16.3. The van der Waals surface area contributed by atoms with E-state index < -0.39 is 0 Å². The maximum absolute atomic E-state index is 4.62. The quantitative estimate of drug-likeness (QED) is 0.563. The van der Waals surface area contributed by atoms with Gasteiger partial charge in [-0.1, -0.05) is 32.2 Å². The van der Waals surface area contributed by atoms with Crippen LogP contribution in [0.25, 0.3) is 0 Å². The number of hydrogen-bond acceptors (Lipinski definition) is 3. The summed E-state index contributed by atoms with van der Waals surface area (Å²) in [6.45, 7) is 0. The molecule has 0 heterocycles. The zero-order valence-electron chi connectivity index (χ0n) is 14.5. The lowest BCUT2D eigenvalue weighted by molar-refractivity contribution is 1.12. The van der Waals surface area contributed by atoms with Gasteiger partial charge in [-0.05, 0) is 47.7 Å². The minimum atomic E-state index is -0.147. The number of rotatable bonds is 7. The van der Waals surface area contributed by atoms with Crippen LogP contribution < -0.4 is 9.80 Å². The zero-order chi connectivity index (χ0) is 16.8. The van der Waals surface area contributed by atoms with Gasteiger partial charge in [-0.3, -0.25) is 0 Å². The minimum Gasteiger partial charge on any atom is -0.378 e. The van der Waals surface area contributed by atoms with Gasteiger partial charge in [0.25, 0.3) is 0 Å². The molecule has 124 valence electrons. The van der Waals surface area contributed by atoms with Crippen molar-refractivity contribution >= 4 is 31.9 Å². The Morgan fingerprint density at radius 3 is 1.57 bits per heavy atom. The highest BCUT2D eigenvalue weighted by Gasteiger charge is 2.10. The van der Waals surface area contributed by atoms with E-state index in [1.54, 1.807) is 0 Å². The molecule has 2 aromatic rings. The standard InChI is InChI=1S/C19H27N2PS/c1-20(2)18-9-5-7-16(11-18)13-22(15-23)14-17-8-6-10-19(12-17)21(3)4/h5-12,23H,13-15H2,1-4H3. The van der Waals surface area contributed by atoms with E-state index in [-0.39, 0.29) is 7.92 Å². The molecule has 0 aromatic heterocycles. The molecule has 0 spiro atoms. The SMILES string of the molecule is CN(C)c1cccc(CP(CS)Cc2cccc(N(C)C)c2)c1. The highest BCUT2D eigenvalue weighted by molar-refractivity contribution is 7.89. The van der Waals surface area contributed by atoms with Gasteiger partial charge in [0, 0.05) is 45.1 Å². The molecule has 2 aromatic carbocycles. The fourth-order valence-electron chi connectivity index (χ4n) is 2.54. The predicted octanol–water partition coefficient (Wildman–Crippen LogP) is 4.89. The molecule has 0 unspecified atom stereocenters. The first-order chi connectivity index (χ1) is 11.0. The van der Waals surface area contributed by atoms with Crippen LogP contribution in [0.4, 0.5) is 11.4 Å². The smallest absolute Gasteiger partial charge is 0.0363 e. The van der Waals surface area contributed by atoms with Gasteiger partial charge in [0.15, 0.2) is 0 Å². The van der Waals surface area contributed by atoms with Crippen molar-refractivity contribution in [2.24, 2.45) is 0 Å². The van der Waals surface area contributed by atoms with E-state index in [9.17, 15) is 0 Å². The van der Waals surface area contributed by atoms with Gasteiger partial charge in [0.2, 0.25) is 0 Å². The molecule has 0 saturated heterocycles. The summed E-state index contributed by atoms with van der Waals surface area (Å²) in [7, 11) is 8.22. The lowest BCUT2D eigenvalue weighted by atomic mass is 10.2. The number of hydrogen-bond donors (Lipinski definition) is 1. The van der Waals surface area contributed by atoms with Crippen molar-refractivity contribution in [3.8, 4) is 0 Å². The van der Waals surface area contributed by atoms with Crippen LogP contribution in [0, 0.1) is 0 Å². The second-order valence-corrected chi connectivity index (χ2v) is 9.36. The van der Waals surface area contributed by atoms with Gasteiger partial charge >= 0.3 is 0 Å². The molecule has 0 N–H and O–H groups in total. The van der Waals surface area contributed by atoms with E-state index in [1.165, 1.54) is 22.5 Å². The monoisotopic (exact) mass is 346 g/mol. The molecule has 23 heavy (non-hydrogen) atoms. The number of nitrogens with zero attached hydrogens (tertiary/aromatic N) is 2. The first kappa shape index (κ1) is 18.2. The van der Waals surface area contributed by atoms with Crippen LogP contribution in [-0.4, -0.2) is 33.7 Å². The maximum atomic E-state index is 4.62. The van der Waals surface area contributed by atoms with Crippen LogP contribution in [-0.2, 0) is 12.3 Å². The summed E-state index contributed by atoms with van der Waals surface area (Å²) < 4.78 is 0. The molecule has 0 aliphatic rings. The van der Waals surface area contributed by atoms with Crippen molar-refractivity contribution in [2.45, 2.75) is 12.3 Å². The molecule has 4 heteroatoms. The van der Waals surface area contributed by atoms with E-state index >= 15 is 0 Å². The first-order valence-corrected chi connectivity index (χ1v) is 10.4. The molecule has 0 saturated carbocycles. The van der Waals surface area contributed by atoms with Crippen molar-refractivity contribution in [2.75, 3.05) is 43.5 Å². The third kappa shape index (κ3) is 5.44. The summed E-state index contributed by atoms with van der Waals surface area (Å²) in [5.41, 5.74) is 6.34. The van der Waals surface area contributed by atoms with E-state index in [2.05, 4.69) is 99.2 Å². The van der Waals surface area contributed by atoms with Gasteiger partial charge < -0.3 is 9.80 Å². The summed E-state index contributed by atoms with van der Waals surface area (Å²) in [6, 6.07) is 17.7. The number of anilines is 2. The van der Waals surface area contributed by atoms with Crippen molar-refractivity contribution in [1.29, 1.82) is 0 Å². The highest BCUT2D eigenvalue weighted by Crippen LogP contribution is 2.44. The van der Waals surface area contributed by atoms with E-state index in [0.29, 0.717) is 0 Å². The van der Waals surface area contributed by atoms with Crippen LogP contribution in [0.1, 0.15) is 11.1 Å². The van der Waals surface area contributed by atoms with E-state index in [1.807, 2.05) is 0 Å². The van der Waals surface area contributed by atoms with Crippen LogP contribution in [0.3, 0.4) is 0 Å². The average molecular weight is 346 g/mol. The molecule has 0 radical (unpaired) electrons. The van der Waals surface area contributed by atoms with Crippen LogP contribution in [0.5, 0.6) is 0 Å². The van der Waals surface area contributed by atoms with Crippen molar-refractivity contribution in [3.05, 3.63) is 59.7 Å². The molecule has 0 atom stereocenters. The van der Waals surface area contributed by atoms with Crippen molar-refractivity contribution < 1.29 is 0 Å². The van der Waals surface area contributed by atoms with Gasteiger partial charge in [0.1, 0.15) is 0 Å². The summed E-state index contributed by atoms with van der Waals surface area (Å²) in [4.78, 5) is 4.32. The minimum absolute atomic E-state index is 0.147. The Morgan fingerprint density at radius 1 is 0.783 bits per heavy atom. The first-order valence-electron chi connectivity index (χ1n) is 7.85. The van der Waals surface area contributed by atoms with Crippen LogP contribution in [0.2, 0.25) is 0 Å². The number of thiol groups is 1. The topological polar surface area (TPSA) is 6.48 Å². The molecule has 0 amide bonds. The Balaban J connectivity index is 2.08. The Kier molecular flexibility index (Phi) is 6.80. The molecule has 0 aliphatic carbocycles. The van der Waals surface area contributed by atoms with Gasteiger partial charge in [-0.15, -0.1) is 0 Å². The second-order valence-electron chi connectivity index (χ2n) is 6.26. The third-order valence-electron chi connectivity index (χ3n) is 3.87. The summed E-state index contributed by atoms with van der Waals surface area (Å²) in [6.07, 6.45) is 2.26. The van der Waals surface area contributed by atoms with Gasteiger partial charge in [0.05, 0.1) is 0 Å². The summed E-state index contributed by atoms with van der Waals surface area (Å²) >= 11 is 4.62. The van der Waals surface area contributed by atoms with Gasteiger partial charge in [-0.25, -0.2) is 0 Å². The molecule has 0 aliphatic heterocycles. The largest absolute Gasteiger partial charge is 0.378 e. The normalized spacial score (nSPS) is 10.9. The second kappa shape index (κ2) is 8.61. The molecular formula is C19H27N2PS. The highest BCUT2D eigenvalue weighted by atomic mass is 32.1. The molecule has 2 rings (SSSR count). The van der Waals surface area contributed by atoms with Gasteiger partial charge in [-0.2, -0.15) is 12.6 Å². The molecule has 0 bridgehead atoms. The maximum Gasteiger partial charge on any atom is 0.0363 e. The van der Waals surface area contributed by atoms with Crippen LogP contribution >= 0.6 is 20.6 Å². The van der Waals surface area contributed by atoms with E-state index in [0.717, 1.165) is 17.8 Å². The van der Waals surface area contributed by atoms with Crippen molar-refractivity contribution in [3.63, 3.8) is 0 Å². The Morgan fingerprint density at radius 2 is 1.22 bits per heavy atom. The Hall–Kier alpha value is -1.18. The molecule has 0 fully saturated rings. The van der Waals surface area contributed by atoms with Crippen LogP contribution in [0.15, 0.2) is 48.5 Å². The Labute approximate surface area is 147 Å². The predicted molar refractivity (Wildman–Crippen MR) is 110 cm³/mol. The fraction of sp³-hybridized carbons (Fsp3) is 0.368. The van der Waals surface area contributed by atoms with E-state index in [4.69, 9.17) is 0 Å². The average Bonchev–Trinajstić information content (AvgIpc) is 2.54. The summed E-state index contributed by atoms with van der Waals surface area (Å²) in [5.74, 6) is 0. The molecular weight excluding hydrogens is 319 g/mol. The van der Waals surface area contributed by atoms with Crippen molar-refractivity contribution in [1.82, 2.24) is 0 Å². The summed E-state index contributed by atoms with van der Waals surface area (Å²) in [5, 5.41) is 0. The third-order valence-corrected chi connectivity index (χ3v) is 7.09. The lowest BCUT2D eigenvalue weighted by Crippen LogP contribution is -2.09.